The lowest BCUT2D eigenvalue weighted by Crippen LogP contribution is -2.59. The molecule has 1 aliphatic rings. The summed E-state index contributed by atoms with van der Waals surface area (Å²) in [5.41, 5.74) is 16.7. The molecule has 2 aromatic carbocycles. The molecule has 0 saturated carbocycles. The van der Waals surface area contributed by atoms with Crippen LogP contribution in [0.15, 0.2) is 67.1 Å². The number of carbonyl (C=O) groups is 3. The Bertz CT molecular complexity index is 1620. The summed E-state index contributed by atoms with van der Waals surface area (Å²) in [7, 11) is 0. The quantitative estimate of drug-likeness (QED) is 0.190. The van der Waals surface area contributed by atoms with Crippen LogP contribution in [-0.4, -0.2) is 49.7 Å². The van der Waals surface area contributed by atoms with Crippen molar-refractivity contribution in [3.8, 4) is 5.75 Å². The van der Waals surface area contributed by atoms with Crippen molar-refractivity contribution in [1.82, 2.24) is 14.6 Å². The summed E-state index contributed by atoms with van der Waals surface area (Å²) in [5.74, 6) is -1.97. The molecule has 2 atom stereocenters. The predicted molar refractivity (Wildman–Crippen MR) is 150 cm³/mol. The first-order valence-electron chi connectivity index (χ1n) is 12.3. The number of anilines is 4. The van der Waals surface area contributed by atoms with Gasteiger partial charge in [-0.25, -0.2) is 9.97 Å². The van der Waals surface area contributed by atoms with Gasteiger partial charge in [0.2, 0.25) is 5.91 Å². The van der Waals surface area contributed by atoms with Crippen molar-refractivity contribution in [3.63, 3.8) is 0 Å². The number of fused-ring (bicyclic) bond motifs is 1. The standard InChI is InChI=1S/C27H27N9O4/c1-14-10-11-35-21(14)27(40)36(17-6-4-3-5-7-17)25(34-35)15(2)32-24-20(22(28)30-13-31-24)26(39)33-18-12-16(23(29)38)8-9-19(18)37/h3-13,15,25,34,37H,1-2H3,(H2,29,38)(H,33,39)(H3,28,30,31,32)/t15-,25?/m0/s1. The van der Waals surface area contributed by atoms with Gasteiger partial charge >= 0.3 is 0 Å². The first kappa shape index (κ1) is 26.0. The van der Waals surface area contributed by atoms with Crippen molar-refractivity contribution >= 4 is 40.7 Å². The molecule has 8 N–H and O–H groups in total. The summed E-state index contributed by atoms with van der Waals surface area (Å²) < 4.78 is 1.68. The van der Waals surface area contributed by atoms with Crippen LogP contribution in [0.3, 0.4) is 0 Å². The average molecular weight is 542 g/mol. The van der Waals surface area contributed by atoms with Crippen LogP contribution in [0.25, 0.3) is 0 Å². The zero-order chi connectivity index (χ0) is 28.6. The highest BCUT2D eigenvalue weighted by Gasteiger charge is 2.38. The van der Waals surface area contributed by atoms with Crippen molar-refractivity contribution in [1.29, 1.82) is 0 Å². The molecule has 2 aromatic heterocycles. The highest BCUT2D eigenvalue weighted by molar-refractivity contribution is 6.11. The molecule has 0 fully saturated rings. The first-order valence-corrected chi connectivity index (χ1v) is 12.3. The van der Waals surface area contributed by atoms with Gasteiger partial charge in [0.25, 0.3) is 11.8 Å². The third-order valence-electron chi connectivity index (χ3n) is 6.56. The molecule has 0 aliphatic carbocycles. The highest BCUT2D eigenvalue weighted by Crippen LogP contribution is 2.29. The van der Waals surface area contributed by atoms with Crippen molar-refractivity contribution < 1.29 is 19.5 Å². The predicted octanol–water partition coefficient (Wildman–Crippen LogP) is 2.26. The second-order valence-corrected chi connectivity index (χ2v) is 9.27. The highest BCUT2D eigenvalue weighted by atomic mass is 16.3. The van der Waals surface area contributed by atoms with Crippen LogP contribution in [0, 0.1) is 6.92 Å². The molecule has 3 heterocycles. The van der Waals surface area contributed by atoms with Crippen molar-refractivity contribution in [2.45, 2.75) is 26.1 Å². The molecule has 3 amide bonds. The molecule has 40 heavy (non-hydrogen) atoms. The summed E-state index contributed by atoms with van der Waals surface area (Å²) >= 11 is 0. The number of rotatable bonds is 7. The van der Waals surface area contributed by atoms with Gasteiger partial charge in [0, 0.05) is 17.4 Å². The third kappa shape index (κ3) is 4.71. The Kier molecular flexibility index (Phi) is 6.69. The number of benzene rings is 2. The van der Waals surface area contributed by atoms with E-state index in [0.29, 0.717) is 11.4 Å². The van der Waals surface area contributed by atoms with E-state index in [1.165, 1.54) is 24.5 Å². The summed E-state index contributed by atoms with van der Waals surface area (Å²) in [6, 6.07) is 14.4. The van der Waals surface area contributed by atoms with Crippen molar-refractivity contribution in [2.75, 3.05) is 26.7 Å². The van der Waals surface area contributed by atoms with Crippen LogP contribution in [0.2, 0.25) is 0 Å². The molecule has 5 rings (SSSR count). The first-order chi connectivity index (χ1) is 19.2. The minimum atomic E-state index is -0.736. The number of hydrogen-bond donors (Lipinski definition) is 6. The van der Waals surface area contributed by atoms with Crippen LogP contribution in [0.4, 0.5) is 23.0 Å². The zero-order valence-corrected chi connectivity index (χ0v) is 21.6. The monoisotopic (exact) mass is 541 g/mol. The van der Waals surface area contributed by atoms with Gasteiger partial charge in [-0.15, -0.1) is 0 Å². The second-order valence-electron chi connectivity index (χ2n) is 9.27. The number of primary amides is 1. The number of amides is 3. The summed E-state index contributed by atoms with van der Waals surface area (Å²) in [4.78, 5) is 48.4. The molecular weight excluding hydrogens is 514 g/mol. The molecule has 0 saturated heterocycles. The smallest absolute Gasteiger partial charge is 0.278 e. The average Bonchev–Trinajstić information content (AvgIpc) is 3.30. The van der Waals surface area contributed by atoms with Gasteiger partial charge in [-0.1, -0.05) is 18.2 Å². The number of nitrogen functional groups attached to an aromatic ring is 1. The topological polar surface area (TPSA) is 194 Å². The minimum Gasteiger partial charge on any atom is -0.506 e. The normalized spacial score (nSPS) is 15.1. The number of phenols is 1. The van der Waals surface area contributed by atoms with Gasteiger partial charge in [-0.3, -0.25) is 24.0 Å². The largest absolute Gasteiger partial charge is 0.506 e. The zero-order valence-electron chi connectivity index (χ0n) is 21.6. The van der Waals surface area contributed by atoms with Gasteiger partial charge in [-0.2, -0.15) is 0 Å². The van der Waals surface area contributed by atoms with E-state index in [1.54, 1.807) is 15.8 Å². The number of hydrogen-bond acceptors (Lipinski definition) is 9. The van der Waals surface area contributed by atoms with Crippen molar-refractivity contribution in [2.24, 2.45) is 5.73 Å². The van der Waals surface area contributed by atoms with Gasteiger partial charge < -0.3 is 32.6 Å². The second kappa shape index (κ2) is 10.3. The Morgan fingerprint density at radius 2 is 1.88 bits per heavy atom. The van der Waals surface area contributed by atoms with E-state index in [1.807, 2.05) is 50.2 Å². The fourth-order valence-corrected chi connectivity index (χ4v) is 4.55. The Balaban J connectivity index is 1.47. The number of phenolic OH excluding ortho intramolecular Hbond substituents is 1. The van der Waals surface area contributed by atoms with Crippen LogP contribution < -0.4 is 32.4 Å². The maximum absolute atomic E-state index is 13.7. The van der Waals surface area contributed by atoms with E-state index in [2.05, 4.69) is 26.0 Å². The van der Waals surface area contributed by atoms with E-state index in [-0.39, 0.29) is 40.1 Å². The molecule has 13 heteroatoms. The summed E-state index contributed by atoms with van der Waals surface area (Å²) in [6.07, 6.45) is 2.37. The van der Waals surface area contributed by atoms with E-state index in [0.717, 1.165) is 5.56 Å². The molecule has 1 unspecified atom stereocenters. The molecule has 4 aromatic rings. The van der Waals surface area contributed by atoms with E-state index < -0.39 is 24.0 Å². The molecule has 0 spiro atoms. The number of aromatic nitrogens is 3. The Hall–Kier alpha value is -5.59. The van der Waals surface area contributed by atoms with Gasteiger partial charge in [0.05, 0.1) is 11.7 Å². The van der Waals surface area contributed by atoms with E-state index >= 15 is 0 Å². The molecule has 1 aliphatic heterocycles. The van der Waals surface area contributed by atoms with Crippen LogP contribution in [0.5, 0.6) is 5.75 Å². The van der Waals surface area contributed by atoms with Crippen LogP contribution in [-0.2, 0) is 0 Å². The van der Waals surface area contributed by atoms with Gasteiger partial charge in [0.15, 0.2) is 0 Å². The maximum atomic E-state index is 13.7. The van der Waals surface area contributed by atoms with Crippen molar-refractivity contribution in [3.05, 3.63) is 89.5 Å². The lowest BCUT2D eigenvalue weighted by molar-refractivity contribution is 0.0952. The summed E-state index contributed by atoms with van der Waals surface area (Å²) in [5, 5.41) is 15.9. The van der Waals surface area contributed by atoms with E-state index in [4.69, 9.17) is 11.5 Å². The lowest BCUT2D eigenvalue weighted by atomic mass is 10.1. The molecular formula is C27H27N9O4. The minimum absolute atomic E-state index is 0.0474. The van der Waals surface area contributed by atoms with E-state index in [9.17, 15) is 19.5 Å². The SMILES string of the molecule is Cc1ccn2c1C(=O)N(c1ccccc1)C([C@H](C)Nc1ncnc(N)c1C(=O)Nc1cc(C(N)=O)ccc1O)N2. The third-order valence-corrected chi connectivity index (χ3v) is 6.56. The number of aromatic hydroxyl groups is 1. The fourth-order valence-electron chi connectivity index (χ4n) is 4.55. The summed E-state index contributed by atoms with van der Waals surface area (Å²) in [6.45, 7) is 3.69. The number of nitrogens with two attached hydrogens (primary N) is 2. The Morgan fingerprint density at radius 1 is 1.12 bits per heavy atom. The van der Waals surface area contributed by atoms with Gasteiger partial charge in [0.1, 0.15) is 41.1 Å². The lowest BCUT2D eigenvalue weighted by Gasteiger charge is -2.41. The maximum Gasteiger partial charge on any atom is 0.278 e. The van der Waals surface area contributed by atoms with Crippen LogP contribution in [0.1, 0.15) is 43.7 Å². The molecule has 0 bridgehead atoms. The van der Waals surface area contributed by atoms with Gasteiger partial charge in [-0.05, 0) is 55.8 Å². The molecule has 13 nitrogen and oxygen atoms in total. The molecule has 0 radical (unpaired) electrons. The number of aryl methyl sites for hydroxylation is 1. The Labute approximate surface area is 228 Å². The number of para-hydroxylation sites is 1. The van der Waals surface area contributed by atoms with Crippen LogP contribution >= 0.6 is 0 Å². The Morgan fingerprint density at radius 3 is 2.60 bits per heavy atom. The number of carbonyl (C=O) groups excluding carboxylic acids is 3. The number of nitrogens with zero attached hydrogens (tertiary/aromatic N) is 4. The number of nitrogens with one attached hydrogen (secondary N) is 3. The molecule has 204 valence electrons. The fraction of sp³-hybridized carbons (Fsp3) is 0.148.